The molecule has 5 nitrogen and oxygen atoms in total. The summed E-state index contributed by atoms with van der Waals surface area (Å²) < 4.78 is 26.3. The smallest absolute Gasteiger partial charge is 0.246 e. The molecule has 0 heterocycles. The van der Waals surface area contributed by atoms with E-state index in [0.717, 1.165) is 17.1 Å². The summed E-state index contributed by atoms with van der Waals surface area (Å²) in [5.41, 5.74) is 4.77. The molecule has 8 heteroatoms. The van der Waals surface area contributed by atoms with Crippen LogP contribution in [-0.2, 0) is 10.0 Å². The fourth-order valence-corrected chi connectivity index (χ4v) is 4.88. The third-order valence-electron chi connectivity index (χ3n) is 3.76. The normalized spacial score (nSPS) is 18.3. The summed E-state index contributed by atoms with van der Waals surface area (Å²) in [6.45, 7) is 0.0216. The van der Waals surface area contributed by atoms with Gasteiger partial charge in [-0.2, -0.15) is 4.31 Å². The monoisotopic (exact) mass is 352 g/mol. The lowest BCUT2D eigenvalue weighted by molar-refractivity contribution is 0.0333. The maximum Gasteiger partial charge on any atom is 0.246 e. The summed E-state index contributed by atoms with van der Waals surface area (Å²) in [6, 6.07) is 2.68. The van der Waals surface area contributed by atoms with Gasteiger partial charge in [0.25, 0.3) is 0 Å². The zero-order valence-corrected chi connectivity index (χ0v) is 14.0. The van der Waals surface area contributed by atoms with E-state index in [1.807, 2.05) is 0 Å². The van der Waals surface area contributed by atoms with Crippen molar-refractivity contribution >= 4 is 38.9 Å². The molecular formula is C13H18Cl2N2O3S. The minimum atomic E-state index is -3.88. The van der Waals surface area contributed by atoms with Crippen molar-refractivity contribution in [1.82, 2.24) is 4.31 Å². The van der Waals surface area contributed by atoms with Gasteiger partial charge in [0.2, 0.25) is 10.0 Å². The molecule has 1 saturated carbocycles. The molecule has 0 amide bonds. The molecule has 1 aromatic rings. The number of hydrogen-bond donors (Lipinski definition) is 2. The molecule has 1 aliphatic carbocycles. The van der Waals surface area contributed by atoms with Gasteiger partial charge >= 0.3 is 0 Å². The molecule has 1 fully saturated rings. The van der Waals surface area contributed by atoms with Crippen molar-refractivity contribution in [3.63, 3.8) is 0 Å². The van der Waals surface area contributed by atoms with Crippen LogP contribution in [0.15, 0.2) is 17.0 Å². The molecule has 21 heavy (non-hydrogen) atoms. The number of nitrogens with two attached hydrogens (primary N) is 1. The highest BCUT2D eigenvalue weighted by Crippen LogP contribution is 2.35. The minimum Gasteiger partial charge on any atom is -0.398 e. The first-order valence-electron chi connectivity index (χ1n) is 6.59. The molecule has 2 rings (SSSR count). The largest absolute Gasteiger partial charge is 0.398 e. The van der Waals surface area contributed by atoms with Crippen molar-refractivity contribution in [1.29, 1.82) is 0 Å². The second-order valence-electron chi connectivity index (χ2n) is 5.50. The van der Waals surface area contributed by atoms with Gasteiger partial charge in [0.05, 0.1) is 16.3 Å². The predicted octanol–water partition coefficient (Wildman–Crippen LogP) is 2.50. The molecule has 0 saturated heterocycles. The van der Waals surface area contributed by atoms with Crippen molar-refractivity contribution in [2.45, 2.75) is 36.2 Å². The Morgan fingerprint density at radius 1 is 1.33 bits per heavy atom. The summed E-state index contributed by atoms with van der Waals surface area (Å²) in [7, 11) is -2.47. The van der Waals surface area contributed by atoms with Crippen LogP contribution in [0.1, 0.15) is 25.7 Å². The van der Waals surface area contributed by atoms with Crippen LogP contribution >= 0.6 is 23.2 Å². The van der Waals surface area contributed by atoms with E-state index in [9.17, 15) is 13.5 Å². The molecule has 3 N–H and O–H groups in total. The Morgan fingerprint density at radius 3 is 2.43 bits per heavy atom. The molecule has 0 aromatic heterocycles. The maximum atomic E-state index is 12.6. The Morgan fingerprint density at radius 2 is 1.90 bits per heavy atom. The third-order valence-corrected chi connectivity index (χ3v) is 6.31. The van der Waals surface area contributed by atoms with Crippen molar-refractivity contribution in [2.75, 3.05) is 19.3 Å². The van der Waals surface area contributed by atoms with Gasteiger partial charge in [0, 0.05) is 18.6 Å². The molecule has 0 atom stereocenters. The van der Waals surface area contributed by atoms with Gasteiger partial charge in [-0.25, -0.2) is 8.42 Å². The van der Waals surface area contributed by atoms with Crippen molar-refractivity contribution in [3.05, 3.63) is 22.2 Å². The molecule has 1 aliphatic rings. The van der Waals surface area contributed by atoms with Gasteiger partial charge in [0.15, 0.2) is 0 Å². The van der Waals surface area contributed by atoms with E-state index in [1.165, 1.54) is 19.2 Å². The predicted molar refractivity (Wildman–Crippen MR) is 84.1 cm³/mol. The van der Waals surface area contributed by atoms with Gasteiger partial charge in [-0.15, -0.1) is 0 Å². The number of hydrogen-bond acceptors (Lipinski definition) is 4. The molecule has 0 unspecified atom stereocenters. The maximum absolute atomic E-state index is 12.6. The van der Waals surface area contributed by atoms with Crippen LogP contribution in [0.25, 0.3) is 0 Å². The first-order chi connectivity index (χ1) is 9.66. The van der Waals surface area contributed by atoms with E-state index in [4.69, 9.17) is 28.9 Å². The average Bonchev–Trinajstić information content (AvgIpc) is 2.73. The van der Waals surface area contributed by atoms with Crippen LogP contribution in [-0.4, -0.2) is 37.0 Å². The van der Waals surface area contributed by atoms with Gasteiger partial charge < -0.3 is 10.8 Å². The lowest BCUT2D eigenvalue weighted by Gasteiger charge is -2.28. The Balaban J connectivity index is 2.34. The number of aliphatic hydroxyl groups is 1. The molecular weight excluding hydrogens is 335 g/mol. The van der Waals surface area contributed by atoms with Crippen LogP contribution in [0.3, 0.4) is 0 Å². The average molecular weight is 353 g/mol. The second kappa shape index (κ2) is 5.93. The SMILES string of the molecule is CN(CC1(O)CCCC1)S(=O)(=O)c1c(N)cc(Cl)cc1Cl. The first kappa shape index (κ1) is 16.8. The summed E-state index contributed by atoms with van der Waals surface area (Å²) >= 11 is 11.8. The Kier molecular flexibility index (Phi) is 4.75. The molecule has 118 valence electrons. The summed E-state index contributed by atoms with van der Waals surface area (Å²) in [4.78, 5) is -0.169. The number of nitrogen functional groups attached to an aromatic ring is 1. The van der Waals surface area contributed by atoms with Crippen molar-refractivity contribution in [3.8, 4) is 0 Å². The molecule has 0 bridgehead atoms. The number of benzene rings is 1. The summed E-state index contributed by atoms with van der Waals surface area (Å²) in [5, 5.41) is 10.6. The van der Waals surface area contributed by atoms with Gasteiger partial charge in [-0.1, -0.05) is 36.0 Å². The van der Waals surface area contributed by atoms with E-state index in [-0.39, 0.29) is 27.2 Å². The van der Waals surface area contributed by atoms with Crippen LogP contribution in [0.4, 0.5) is 5.69 Å². The highest BCUT2D eigenvalue weighted by atomic mass is 35.5. The number of rotatable bonds is 4. The van der Waals surface area contributed by atoms with E-state index in [1.54, 1.807) is 0 Å². The number of anilines is 1. The molecule has 1 aromatic carbocycles. The van der Waals surface area contributed by atoms with Crippen molar-refractivity contribution < 1.29 is 13.5 Å². The Hall–Kier alpha value is -0.530. The van der Waals surface area contributed by atoms with Crippen LogP contribution in [0, 0.1) is 0 Å². The standard InChI is InChI=1S/C13H18Cl2N2O3S/c1-17(8-13(18)4-2-3-5-13)21(19,20)12-10(15)6-9(14)7-11(12)16/h6-7,18H,2-5,8,16H2,1H3. The molecule has 0 radical (unpaired) electrons. The van der Waals surface area contributed by atoms with E-state index >= 15 is 0 Å². The number of likely N-dealkylation sites (N-methyl/N-ethyl adjacent to an activating group) is 1. The number of nitrogens with zero attached hydrogens (tertiary/aromatic N) is 1. The topological polar surface area (TPSA) is 83.6 Å². The zero-order chi connectivity index (χ0) is 15.8. The van der Waals surface area contributed by atoms with Gasteiger partial charge in [-0.05, 0) is 25.0 Å². The quantitative estimate of drug-likeness (QED) is 0.815. The van der Waals surface area contributed by atoms with E-state index < -0.39 is 15.6 Å². The van der Waals surface area contributed by atoms with Crippen molar-refractivity contribution in [2.24, 2.45) is 0 Å². The molecule has 0 spiro atoms. The van der Waals surface area contributed by atoms with E-state index in [2.05, 4.69) is 0 Å². The van der Waals surface area contributed by atoms with Crippen LogP contribution in [0.2, 0.25) is 10.0 Å². The van der Waals surface area contributed by atoms with Crippen LogP contribution < -0.4 is 5.73 Å². The number of halogens is 2. The fraction of sp³-hybridized carbons (Fsp3) is 0.538. The second-order valence-corrected chi connectivity index (χ2v) is 8.32. The van der Waals surface area contributed by atoms with Gasteiger partial charge in [0.1, 0.15) is 4.90 Å². The first-order valence-corrected chi connectivity index (χ1v) is 8.79. The third kappa shape index (κ3) is 3.46. The van der Waals surface area contributed by atoms with E-state index in [0.29, 0.717) is 12.8 Å². The highest BCUT2D eigenvalue weighted by Gasteiger charge is 2.37. The van der Waals surface area contributed by atoms with Gasteiger partial charge in [-0.3, -0.25) is 0 Å². The molecule has 0 aliphatic heterocycles. The van der Waals surface area contributed by atoms with Crippen LogP contribution in [0.5, 0.6) is 0 Å². The zero-order valence-electron chi connectivity index (χ0n) is 11.6. The summed E-state index contributed by atoms with van der Waals surface area (Å²) in [5.74, 6) is 0. The lowest BCUT2D eigenvalue weighted by atomic mass is 10.0. The highest BCUT2D eigenvalue weighted by molar-refractivity contribution is 7.89. The fourth-order valence-electron chi connectivity index (χ4n) is 2.70. The minimum absolute atomic E-state index is 0.00207. The Labute approximate surface area is 134 Å². The Bertz CT molecular complexity index is 620. The number of sulfonamides is 1. The lowest BCUT2D eigenvalue weighted by Crippen LogP contribution is -2.42. The summed E-state index contributed by atoms with van der Waals surface area (Å²) in [6.07, 6.45) is 2.98.